The van der Waals surface area contributed by atoms with Crippen molar-refractivity contribution >= 4 is 6.09 Å². The number of amides is 1. The molecular formula is C14H15NO2. The van der Waals surface area contributed by atoms with Crippen LogP contribution in [-0.2, 0) is 4.74 Å². The number of ether oxygens (including phenoxy) is 1. The van der Waals surface area contributed by atoms with Gasteiger partial charge in [0, 0.05) is 6.42 Å². The van der Waals surface area contributed by atoms with Gasteiger partial charge in [0.05, 0.1) is 6.04 Å². The molecule has 17 heavy (non-hydrogen) atoms. The number of rotatable bonds is 5. The van der Waals surface area contributed by atoms with Gasteiger partial charge in [0.1, 0.15) is 6.61 Å². The van der Waals surface area contributed by atoms with Gasteiger partial charge in [-0.2, -0.15) is 0 Å². The number of terminal acetylenes is 1. The SMILES string of the molecule is C#CCC(NC(=O)OCC=C)c1ccccc1. The van der Waals surface area contributed by atoms with Gasteiger partial charge < -0.3 is 10.1 Å². The molecule has 0 saturated carbocycles. The molecule has 1 amide bonds. The highest BCUT2D eigenvalue weighted by atomic mass is 16.5. The first-order valence-corrected chi connectivity index (χ1v) is 5.30. The molecule has 1 unspecified atom stereocenters. The van der Waals surface area contributed by atoms with Crippen molar-refractivity contribution in [2.75, 3.05) is 6.61 Å². The highest BCUT2D eigenvalue weighted by Gasteiger charge is 2.13. The maximum absolute atomic E-state index is 11.4. The minimum Gasteiger partial charge on any atom is -0.445 e. The van der Waals surface area contributed by atoms with Gasteiger partial charge in [-0.3, -0.25) is 0 Å². The van der Waals surface area contributed by atoms with Gasteiger partial charge in [-0.15, -0.1) is 12.3 Å². The molecule has 1 N–H and O–H groups in total. The lowest BCUT2D eigenvalue weighted by Crippen LogP contribution is -2.29. The van der Waals surface area contributed by atoms with Crippen molar-refractivity contribution in [3.8, 4) is 12.3 Å². The molecule has 0 fully saturated rings. The van der Waals surface area contributed by atoms with E-state index in [-0.39, 0.29) is 12.6 Å². The second-order valence-electron chi connectivity index (χ2n) is 3.40. The average Bonchev–Trinajstić information content (AvgIpc) is 2.37. The molecule has 0 bridgehead atoms. The van der Waals surface area contributed by atoms with Crippen molar-refractivity contribution in [1.82, 2.24) is 5.32 Å². The van der Waals surface area contributed by atoms with Crippen LogP contribution in [0.25, 0.3) is 0 Å². The zero-order valence-corrected chi connectivity index (χ0v) is 9.56. The summed E-state index contributed by atoms with van der Waals surface area (Å²) < 4.78 is 4.85. The number of alkyl carbamates (subject to hydrolysis) is 1. The summed E-state index contributed by atoms with van der Waals surface area (Å²) in [5, 5.41) is 2.72. The third kappa shape index (κ3) is 4.43. The van der Waals surface area contributed by atoms with Gasteiger partial charge >= 0.3 is 6.09 Å². The van der Waals surface area contributed by atoms with Gasteiger partial charge in [0.2, 0.25) is 0 Å². The lowest BCUT2D eigenvalue weighted by atomic mass is 10.0. The zero-order valence-electron chi connectivity index (χ0n) is 9.56. The Morgan fingerprint density at radius 2 is 2.24 bits per heavy atom. The first-order chi connectivity index (χ1) is 8.27. The molecule has 1 rings (SSSR count). The highest BCUT2D eigenvalue weighted by Crippen LogP contribution is 2.15. The van der Waals surface area contributed by atoms with Gasteiger partial charge in [0.25, 0.3) is 0 Å². The molecule has 3 nitrogen and oxygen atoms in total. The first kappa shape index (κ1) is 12.9. The fourth-order valence-corrected chi connectivity index (χ4v) is 1.37. The lowest BCUT2D eigenvalue weighted by Gasteiger charge is -2.16. The second kappa shape index (κ2) is 7.13. The largest absolute Gasteiger partial charge is 0.445 e. The Morgan fingerprint density at radius 3 is 2.82 bits per heavy atom. The minimum absolute atomic E-state index is 0.184. The Kier molecular flexibility index (Phi) is 5.39. The van der Waals surface area contributed by atoms with E-state index >= 15 is 0 Å². The normalized spacial score (nSPS) is 11.0. The van der Waals surface area contributed by atoms with Crippen molar-refractivity contribution < 1.29 is 9.53 Å². The third-order valence-electron chi connectivity index (χ3n) is 2.15. The molecule has 0 spiro atoms. The summed E-state index contributed by atoms with van der Waals surface area (Å²) in [5.74, 6) is 2.54. The Hall–Kier alpha value is -2.21. The molecular weight excluding hydrogens is 214 g/mol. The van der Waals surface area contributed by atoms with E-state index in [4.69, 9.17) is 11.2 Å². The number of hydrogen-bond donors (Lipinski definition) is 1. The summed E-state index contributed by atoms with van der Waals surface area (Å²) in [6.07, 6.45) is 6.73. The smallest absolute Gasteiger partial charge is 0.407 e. The van der Waals surface area contributed by atoms with Crippen LogP contribution in [0.15, 0.2) is 43.0 Å². The van der Waals surface area contributed by atoms with Gasteiger partial charge in [0.15, 0.2) is 0 Å². The lowest BCUT2D eigenvalue weighted by molar-refractivity contribution is 0.154. The van der Waals surface area contributed by atoms with Crippen LogP contribution in [0, 0.1) is 12.3 Å². The van der Waals surface area contributed by atoms with Crippen LogP contribution in [0.4, 0.5) is 4.79 Å². The van der Waals surface area contributed by atoms with E-state index in [1.54, 1.807) is 0 Å². The summed E-state index contributed by atoms with van der Waals surface area (Å²) >= 11 is 0. The van der Waals surface area contributed by atoms with Crippen LogP contribution >= 0.6 is 0 Å². The number of nitrogens with one attached hydrogen (secondary N) is 1. The van der Waals surface area contributed by atoms with Crippen LogP contribution in [0.5, 0.6) is 0 Å². The zero-order chi connectivity index (χ0) is 12.5. The summed E-state index contributed by atoms with van der Waals surface area (Å²) in [6, 6.07) is 9.31. The van der Waals surface area contributed by atoms with E-state index in [0.717, 1.165) is 5.56 Å². The van der Waals surface area contributed by atoms with E-state index in [1.807, 2.05) is 30.3 Å². The Bertz CT molecular complexity index is 406. The summed E-state index contributed by atoms with van der Waals surface area (Å²) in [6.45, 7) is 3.65. The van der Waals surface area contributed by atoms with Crippen LogP contribution in [0.2, 0.25) is 0 Å². The van der Waals surface area contributed by atoms with E-state index in [1.165, 1.54) is 6.08 Å². The molecule has 1 aromatic carbocycles. The standard InChI is InChI=1S/C14H15NO2/c1-3-8-13(12-9-6-5-7-10-12)15-14(16)17-11-4-2/h1,4-7,9-10,13H,2,8,11H2,(H,15,16). The van der Waals surface area contributed by atoms with Crippen LogP contribution in [0.3, 0.4) is 0 Å². The topological polar surface area (TPSA) is 38.3 Å². The highest BCUT2D eigenvalue weighted by molar-refractivity contribution is 5.68. The van der Waals surface area contributed by atoms with Gasteiger partial charge in [-0.05, 0) is 5.56 Å². The Morgan fingerprint density at radius 1 is 1.53 bits per heavy atom. The fourth-order valence-electron chi connectivity index (χ4n) is 1.37. The molecule has 0 heterocycles. The van der Waals surface area contributed by atoms with Crippen molar-refractivity contribution in [3.05, 3.63) is 48.6 Å². The number of hydrogen-bond acceptors (Lipinski definition) is 2. The van der Waals surface area contributed by atoms with Crippen molar-refractivity contribution in [2.24, 2.45) is 0 Å². The molecule has 88 valence electrons. The molecule has 0 aliphatic carbocycles. The Balaban J connectivity index is 2.64. The monoisotopic (exact) mass is 229 g/mol. The van der Waals surface area contributed by atoms with Crippen molar-refractivity contribution in [3.63, 3.8) is 0 Å². The second-order valence-corrected chi connectivity index (χ2v) is 3.40. The molecule has 0 aromatic heterocycles. The number of carbonyl (C=O) groups is 1. The molecule has 3 heteroatoms. The van der Waals surface area contributed by atoms with Crippen LogP contribution in [-0.4, -0.2) is 12.7 Å². The molecule has 0 aliphatic heterocycles. The number of carbonyl (C=O) groups excluding carboxylic acids is 1. The van der Waals surface area contributed by atoms with E-state index in [2.05, 4.69) is 17.8 Å². The van der Waals surface area contributed by atoms with Crippen molar-refractivity contribution in [1.29, 1.82) is 0 Å². The van der Waals surface area contributed by atoms with E-state index < -0.39 is 6.09 Å². The molecule has 1 atom stereocenters. The first-order valence-electron chi connectivity index (χ1n) is 5.30. The van der Waals surface area contributed by atoms with Gasteiger partial charge in [-0.1, -0.05) is 43.0 Å². The van der Waals surface area contributed by atoms with Crippen LogP contribution < -0.4 is 5.32 Å². The van der Waals surface area contributed by atoms with Crippen molar-refractivity contribution in [2.45, 2.75) is 12.5 Å². The fraction of sp³-hybridized carbons (Fsp3) is 0.214. The summed E-state index contributed by atoms with van der Waals surface area (Å²) in [5.41, 5.74) is 0.959. The summed E-state index contributed by atoms with van der Waals surface area (Å²) in [4.78, 5) is 11.4. The summed E-state index contributed by atoms with van der Waals surface area (Å²) in [7, 11) is 0. The predicted molar refractivity (Wildman–Crippen MR) is 67.3 cm³/mol. The van der Waals surface area contributed by atoms with E-state index in [9.17, 15) is 4.79 Å². The van der Waals surface area contributed by atoms with E-state index in [0.29, 0.717) is 6.42 Å². The predicted octanol–water partition coefficient (Wildman–Crippen LogP) is 2.66. The Labute approximate surface area is 101 Å². The van der Waals surface area contributed by atoms with Crippen LogP contribution in [0.1, 0.15) is 18.0 Å². The quantitative estimate of drug-likeness (QED) is 0.622. The number of benzene rings is 1. The maximum atomic E-state index is 11.4. The molecule has 0 radical (unpaired) electrons. The molecule has 1 aromatic rings. The maximum Gasteiger partial charge on any atom is 0.407 e. The minimum atomic E-state index is -0.492. The molecule has 0 aliphatic rings. The third-order valence-corrected chi connectivity index (χ3v) is 2.15. The van der Waals surface area contributed by atoms with Gasteiger partial charge in [-0.25, -0.2) is 4.79 Å². The average molecular weight is 229 g/mol. The molecule has 0 saturated heterocycles.